The minimum absolute atomic E-state index is 0.0123. The number of hydrogen-bond donors (Lipinski definition) is 2. The Balaban J connectivity index is 2.58. The van der Waals surface area contributed by atoms with Crippen molar-refractivity contribution in [2.45, 2.75) is 33.2 Å². The number of pyridine rings is 1. The van der Waals surface area contributed by atoms with E-state index in [0.29, 0.717) is 12.5 Å². The van der Waals surface area contributed by atoms with Gasteiger partial charge in [0.2, 0.25) is 5.91 Å². The number of aromatic nitrogens is 1. The highest BCUT2D eigenvalue weighted by atomic mass is 16.1. The molecule has 0 aromatic carbocycles. The van der Waals surface area contributed by atoms with E-state index in [-0.39, 0.29) is 17.9 Å². The first-order valence-corrected chi connectivity index (χ1v) is 6.45. The van der Waals surface area contributed by atoms with Gasteiger partial charge in [-0.3, -0.25) is 9.78 Å². The number of nitrogens with one attached hydrogen (secondary N) is 1. The van der Waals surface area contributed by atoms with Crippen molar-refractivity contribution < 1.29 is 4.79 Å². The molecule has 1 aromatic heterocycles. The number of nitrogens with two attached hydrogens (primary N) is 1. The second-order valence-corrected chi connectivity index (χ2v) is 5.07. The molecule has 1 heterocycles. The normalized spacial score (nSPS) is 14.3. The summed E-state index contributed by atoms with van der Waals surface area (Å²) in [7, 11) is 0. The monoisotopic (exact) mass is 249 g/mol. The number of hydrogen-bond acceptors (Lipinski definition) is 3. The molecule has 0 saturated carbocycles. The van der Waals surface area contributed by atoms with Gasteiger partial charge in [-0.25, -0.2) is 0 Å². The van der Waals surface area contributed by atoms with Crippen molar-refractivity contribution in [2.75, 3.05) is 6.54 Å². The molecule has 4 heteroatoms. The van der Waals surface area contributed by atoms with Crippen LogP contribution in [0, 0.1) is 11.8 Å². The van der Waals surface area contributed by atoms with Crippen LogP contribution in [-0.4, -0.2) is 17.4 Å². The van der Waals surface area contributed by atoms with Crippen LogP contribution in [0.2, 0.25) is 0 Å². The van der Waals surface area contributed by atoms with Crippen LogP contribution in [0.1, 0.15) is 38.8 Å². The molecule has 18 heavy (non-hydrogen) atoms. The quantitative estimate of drug-likeness (QED) is 0.809. The molecule has 3 N–H and O–H groups in total. The van der Waals surface area contributed by atoms with Crippen molar-refractivity contribution in [2.24, 2.45) is 17.6 Å². The molecule has 0 spiro atoms. The summed E-state index contributed by atoms with van der Waals surface area (Å²) >= 11 is 0. The maximum absolute atomic E-state index is 12.1. The predicted molar refractivity (Wildman–Crippen MR) is 72.8 cm³/mol. The molecule has 4 nitrogen and oxygen atoms in total. The molecule has 100 valence electrons. The fourth-order valence-electron chi connectivity index (χ4n) is 1.95. The molecule has 0 aliphatic carbocycles. The predicted octanol–water partition coefficient (Wildman–Crippen LogP) is 1.88. The molecule has 0 aliphatic rings. The van der Waals surface area contributed by atoms with Gasteiger partial charge in [-0.05, 0) is 37.0 Å². The Morgan fingerprint density at radius 1 is 1.33 bits per heavy atom. The first kappa shape index (κ1) is 14.6. The summed E-state index contributed by atoms with van der Waals surface area (Å²) in [5, 5.41) is 3.01. The van der Waals surface area contributed by atoms with E-state index >= 15 is 0 Å². The molecule has 0 radical (unpaired) electrons. The molecule has 1 aromatic rings. The molecule has 0 bridgehead atoms. The van der Waals surface area contributed by atoms with Crippen LogP contribution < -0.4 is 11.1 Å². The van der Waals surface area contributed by atoms with E-state index < -0.39 is 0 Å². The fraction of sp³-hybridized carbons (Fsp3) is 0.571. The lowest BCUT2D eigenvalue weighted by Gasteiger charge is -2.20. The van der Waals surface area contributed by atoms with Crippen molar-refractivity contribution >= 4 is 5.91 Å². The SMILES string of the molecule is CC(C)CC(CN)C(=O)NC(C)c1ccncc1. The number of nitrogens with zero attached hydrogens (tertiary/aromatic N) is 1. The highest BCUT2D eigenvalue weighted by molar-refractivity contribution is 5.79. The van der Waals surface area contributed by atoms with Crippen LogP contribution in [0.15, 0.2) is 24.5 Å². The highest BCUT2D eigenvalue weighted by Gasteiger charge is 2.20. The van der Waals surface area contributed by atoms with Crippen molar-refractivity contribution in [3.8, 4) is 0 Å². The van der Waals surface area contributed by atoms with Gasteiger partial charge in [-0.15, -0.1) is 0 Å². The van der Waals surface area contributed by atoms with Crippen LogP contribution in [0.3, 0.4) is 0 Å². The first-order chi connectivity index (χ1) is 8.54. The Kier molecular flexibility index (Phi) is 5.78. The zero-order valence-corrected chi connectivity index (χ0v) is 11.4. The summed E-state index contributed by atoms with van der Waals surface area (Å²) in [4.78, 5) is 16.1. The van der Waals surface area contributed by atoms with Crippen LogP contribution in [0.5, 0.6) is 0 Å². The maximum Gasteiger partial charge on any atom is 0.224 e. The van der Waals surface area contributed by atoms with E-state index in [0.717, 1.165) is 12.0 Å². The van der Waals surface area contributed by atoms with Crippen LogP contribution in [0.25, 0.3) is 0 Å². The molecule has 0 aliphatic heterocycles. The Morgan fingerprint density at radius 2 is 1.94 bits per heavy atom. The summed E-state index contributed by atoms with van der Waals surface area (Å²) in [6.07, 6.45) is 4.28. The summed E-state index contributed by atoms with van der Waals surface area (Å²) in [6, 6.07) is 3.80. The zero-order valence-electron chi connectivity index (χ0n) is 11.4. The lowest BCUT2D eigenvalue weighted by atomic mass is 9.96. The van der Waals surface area contributed by atoms with Crippen LogP contribution in [-0.2, 0) is 4.79 Å². The van der Waals surface area contributed by atoms with Gasteiger partial charge >= 0.3 is 0 Å². The standard InChI is InChI=1S/C14H23N3O/c1-10(2)8-13(9-15)14(18)17-11(3)12-4-6-16-7-5-12/h4-7,10-11,13H,8-9,15H2,1-3H3,(H,17,18). The largest absolute Gasteiger partial charge is 0.349 e. The van der Waals surface area contributed by atoms with Gasteiger partial charge in [0.25, 0.3) is 0 Å². The number of carbonyl (C=O) groups is 1. The first-order valence-electron chi connectivity index (χ1n) is 6.45. The smallest absolute Gasteiger partial charge is 0.224 e. The third-order valence-corrected chi connectivity index (χ3v) is 2.98. The zero-order chi connectivity index (χ0) is 13.5. The summed E-state index contributed by atoms with van der Waals surface area (Å²) in [6.45, 7) is 6.56. The third kappa shape index (κ3) is 4.45. The molecule has 2 atom stereocenters. The van der Waals surface area contributed by atoms with Crippen molar-refractivity contribution in [3.05, 3.63) is 30.1 Å². The van der Waals surface area contributed by atoms with E-state index in [4.69, 9.17) is 5.73 Å². The average Bonchev–Trinajstić information content (AvgIpc) is 2.36. The molecule has 2 unspecified atom stereocenters. The Bertz CT molecular complexity index is 365. The van der Waals surface area contributed by atoms with Gasteiger partial charge in [0, 0.05) is 18.9 Å². The number of rotatable bonds is 6. The molecule has 1 amide bonds. The number of carbonyl (C=O) groups excluding carboxylic acids is 1. The van der Waals surface area contributed by atoms with Gasteiger partial charge in [-0.2, -0.15) is 0 Å². The molecule has 1 rings (SSSR count). The summed E-state index contributed by atoms with van der Waals surface area (Å²) in [5.41, 5.74) is 6.72. The van der Waals surface area contributed by atoms with Crippen molar-refractivity contribution in [1.82, 2.24) is 10.3 Å². The maximum atomic E-state index is 12.1. The number of amides is 1. The minimum Gasteiger partial charge on any atom is -0.349 e. The minimum atomic E-state index is -0.103. The van der Waals surface area contributed by atoms with Gasteiger partial charge in [-0.1, -0.05) is 13.8 Å². The summed E-state index contributed by atoms with van der Waals surface area (Å²) < 4.78 is 0. The van der Waals surface area contributed by atoms with E-state index in [1.54, 1.807) is 12.4 Å². The lowest BCUT2D eigenvalue weighted by molar-refractivity contribution is -0.125. The Hall–Kier alpha value is -1.42. The van der Waals surface area contributed by atoms with E-state index in [1.165, 1.54) is 0 Å². The van der Waals surface area contributed by atoms with Gasteiger partial charge in [0.15, 0.2) is 0 Å². The lowest BCUT2D eigenvalue weighted by Crippen LogP contribution is -2.37. The van der Waals surface area contributed by atoms with Gasteiger partial charge in [0.1, 0.15) is 0 Å². The van der Waals surface area contributed by atoms with Crippen LogP contribution >= 0.6 is 0 Å². The van der Waals surface area contributed by atoms with Gasteiger partial charge in [0.05, 0.1) is 12.0 Å². The van der Waals surface area contributed by atoms with Crippen molar-refractivity contribution in [3.63, 3.8) is 0 Å². The Labute approximate surface area is 109 Å². The topological polar surface area (TPSA) is 68.0 Å². The third-order valence-electron chi connectivity index (χ3n) is 2.98. The fourth-order valence-corrected chi connectivity index (χ4v) is 1.95. The molecular weight excluding hydrogens is 226 g/mol. The van der Waals surface area contributed by atoms with E-state index in [1.807, 2.05) is 19.1 Å². The molecule has 0 saturated heterocycles. The highest BCUT2D eigenvalue weighted by Crippen LogP contribution is 2.14. The average molecular weight is 249 g/mol. The second kappa shape index (κ2) is 7.11. The van der Waals surface area contributed by atoms with Gasteiger partial charge < -0.3 is 11.1 Å². The van der Waals surface area contributed by atoms with E-state index in [2.05, 4.69) is 24.1 Å². The Morgan fingerprint density at radius 3 is 2.44 bits per heavy atom. The van der Waals surface area contributed by atoms with Crippen LogP contribution in [0.4, 0.5) is 0 Å². The molecular formula is C14H23N3O. The molecule has 0 fully saturated rings. The van der Waals surface area contributed by atoms with Crippen molar-refractivity contribution in [1.29, 1.82) is 0 Å². The van der Waals surface area contributed by atoms with E-state index in [9.17, 15) is 4.79 Å². The second-order valence-electron chi connectivity index (χ2n) is 5.07. The summed E-state index contributed by atoms with van der Waals surface area (Å²) in [5.74, 6) is 0.408.